The van der Waals surface area contributed by atoms with Crippen molar-refractivity contribution in [3.05, 3.63) is 28.9 Å². The number of pyridine rings is 1. The molecular weight excluding hydrogens is 292 g/mol. The maximum absolute atomic E-state index is 5.95. The van der Waals surface area contributed by atoms with Crippen LogP contribution in [0, 0.1) is 5.92 Å². The molecule has 2 rings (SSSR count). The highest BCUT2D eigenvalue weighted by Crippen LogP contribution is 2.32. The highest BCUT2D eigenvalue weighted by Gasteiger charge is 2.09. The molecule has 96 valence electrons. The van der Waals surface area contributed by atoms with E-state index >= 15 is 0 Å². The van der Waals surface area contributed by atoms with E-state index in [2.05, 4.69) is 34.8 Å². The number of ether oxygens (including phenoxy) is 1. The smallest absolute Gasteiger partial charge is 0.153 e. The molecule has 1 aromatic heterocycles. The first-order valence-electron chi connectivity index (χ1n) is 6.04. The number of hydrogen-bond donors (Lipinski definition) is 1. The zero-order valence-corrected chi connectivity index (χ0v) is 12.2. The molecule has 0 spiro atoms. The molecule has 2 aromatic rings. The number of halogens is 1. The molecule has 18 heavy (non-hydrogen) atoms. The van der Waals surface area contributed by atoms with Gasteiger partial charge in [0, 0.05) is 9.86 Å². The molecule has 1 heterocycles. The van der Waals surface area contributed by atoms with Gasteiger partial charge in [-0.3, -0.25) is 4.98 Å². The van der Waals surface area contributed by atoms with Gasteiger partial charge in [0.1, 0.15) is 0 Å². The van der Waals surface area contributed by atoms with Crippen LogP contribution in [0.1, 0.15) is 20.3 Å². The lowest BCUT2D eigenvalue weighted by Gasteiger charge is -2.12. The molecule has 0 atom stereocenters. The second-order valence-corrected chi connectivity index (χ2v) is 5.65. The van der Waals surface area contributed by atoms with Crippen molar-refractivity contribution in [2.45, 2.75) is 20.3 Å². The van der Waals surface area contributed by atoms with Crippen molar-refractivity contribution in [2.75, 3.05) is 12.3 Å². The number of nitrogen functional groups attached to an aromatic ring is 1. The number of aromatic nitrogens is 1. The maximum atomic E-state index is 5.95. The van der Waals surface area contributed by atoms with Crippen LogP contribution in [0.15, 0.2) is 28.9 Å². The van der Waals surface area contributed by atoms with Gasteiger partial charge < -0.3 is 10.5 Å². The van der Waals surface area contributed by atoms with Crippen LogP contribution in [0.25, 0.3) is 10.9 Å². The Bertz CT molecular complexity index is 549. The predicted molar refractivity (Wildman–Crippen MR) is 78.8 cm³/mol. The zero-order chi connectivity index (χ0) is 13.1. The molecule has 0 radical (unpaired) electrons. The Labute approximate surface area is 115 Å². The fourth-order valence-corrected chi connectivity index (χ4v) is 2.07. The minimum absolute atomic E-state index is 0.587. The third-order valence-corrected chi connectivity index (χ3v) is 3.24. The quantitative estimate of drug-likeness (QED) is 0.928. The average Bonchev–Trinajstić information content (AvgIpc) is 2.31. The lowest BCUT2D eigenvalue weighted by Crippen LogP contribution is -2.04. The first kappa shape index (κ1) is 13.1. The van der Waals surface area contributed by atoms with Gasteiger partial charge in [0.25, 0.3) is 0 Å². The van der Waals surface area contributed by atoms with E-state index in [0.29, 0.717) is 18.2 Å². The van der Waals surface area contributed by atoms with Crippen LogP contribution in [0.4, 0.5) is 5.69 Å². The Balaban J connectivity index is 2.34. The molecule has 0 amide bonds. The monoisotopic (exact) mass is 308 g/mol. The summed E-state index contributed by atoms with van der Waals surface area (Å²) in [5.41, 5.74) is 7.43. The number of rotatable bonds is 4. The Morgan fingerprint density at radius 1 is 1.39 bits per heavy atom. The summed E-state index contributed by atoms with van der Waals surface area (Å²) in [6, 6.07) is 5.90. The van der Waals surface area contributed by atoms with E-state index in [0.717, 1.165) is 27.5 Å². The van der Waals surface area contributed by atoms with Crippen molar-refractivity contribution < 1.29 is 4.74 Å². The second-order valence-electron chi connectivity index (χ2n) is 4.74. The van der Waals surface area contributed by atoms with Gasteiger partial charge in [-0.25, -0.2) is 0 Å². The number of fused-ring (bicyclic) bond motifs is 1. The van der Waals surface area contributed by atoms with E-state index in [1.807, 2.05) is 18.2 Å². The Morgan fingerprint density at radius 2 is 2.17 bits per heavy atom. The largest absolute Gasteiger partial charge is 0.491 e. The zero-order valence-electron chi connectivity index (χ0n) is 10.6. The highest BCUT2D eigenvalue weighted by atomic mass is 79.9. The van der Waals surface area contributed by atoms with Crippen molar-refractivity contribution in [3.8, 4) is 5.75 Å². The molecule has 0 aliphatic rings. The Morgan fingerprint density at radius 3 is 2.89 bits per heavy atom. The number of hydrogen-bond acceptors (Lipinski definition) is 3. The number of nitrogens with zero attached hydrogens (tertiary/aromatic N) is 1. The Hall–Kier alpha value is -1.29. The van der Waals surface area contributed by atoms with Crippen molar-refractivity contribution in [1.82, 2.24) is 4.98 Å². The normalized spacial score (nSPS) is 11.1. The topological polar surface area (TPSA) is 48.1 Å². The molecule has 0 saturated heterocycles. The van der Waals surface area contributed by atoms with E-state index in [9.17, 15) is 0 Å². The fraction of sp³-hybridized carbons (Fsp3) is 0.357. The van der Waals surface area contributed by atoms with Crippen LogP contribution in [0.2, 0.25) is 0 Å². The van der Waals surface area contributed by atoms with E-state index < -0.39 is 0 Å². The van der Waals surface area contributed by atoms with Crippen LogP contribution in [-0.4, -0.2) is 11.6 Å². The molecule has 3 nitrogen and oxygen atoms in total. The minimum atomic E-state index is 0.587. The van der Waals surface area contributed by atoms with Crippen LogP contribution in [0.5, 0.6) is 5.75 Å². The number of nitrogens with two attached hydrogens (primary N) is 1. The Kier molecular flexibility index (Phi) is 4.07. The lowest BCUT2D eigenvalue weighted by molar-refractivity contribution is 0.294. The molecule has 0 fully saturated rings. The summed E-state index contributed by atoms with van der Waals surface area (Å²) in [5.74, 6) is 1.35. The average molecular weight is 309 g/mol. The van der Waals surface area contributed by atoms with E-state index in [4.69, 9.17) is 10.5 Å². The summed E-state index contributed by atoms with van der Waals surface area (Å²) in [6.45, 7) is 5.02. The van der Waals surface area contributed by atoms with E-state index in [1.165, 1.54) is 0 Å². The molecule has 0 aliphatic heterocycles. The first-order valence-corrected chi connectivity index (χ1v) is 6.83. The summed E-state index contributed by atoms with van der Waals surface area (Å²) in [6.07, 6.45) is 2.66. The summed E-state index contributed by atoms with van der Waals surface area (Å²) in [5, 5.41) is 0.952. The number of benzene rings is 1. The summed E-state index contributed by atoms with van der Waals surface area (Å²) < 4.78 is 6.83. The molecule has 0 unspecified atom stereocenters. The SMILES string of the molecule is CC(C)CCOc1c(N)cnc2ccc(Br)cc12. The minimum Gasteiger partial charge on any atom is -0.491 e. The lowest BCUT2D eigenvalue weighted by atomic mass is 10.1. The van der Waals surface area contributed by atoms with Crippen LogP contribution in [-0.2, 0) is 0 Å². The molecule has 0 aliphatic carbocycles. The summed E-state index contributed by atoms with van der Waals surface area (Å²) in [7, 11) is 0. The standard InChI is InChI=1S/C14H17BrN2O/c1-9(2)5-6-18-14-11-7-10(15)3-4-13(11)17-8-12(14)16/h3-4,7-9H,5-6,16H2,1-2H3. The van der Waals surface area contributed by atoms with Gasteiger partial charge in [0.05, 0.1) is 24.0 Å². The van der Waals surface area contributed by atoms with E-state index in [-0.39, 0.29) is 0 Å². The molecular formula is C14H17BrN2O. The predicted octanol–water partition coefficient (Wildman–Crippen LogP) is 4.00. The van der Waals surface area contributed by atoms with Gasteiger partial charge in [-0.1, -0.05) is 29.8 Å². The third kappa shape index (κ3) is 2.93. The van der Waals surface area contributed by atoms with Crippen molar-refractivity contribution >= 4 is 32.5 Å². The van der Waals surface area contributed by atoms with E-state index in [1.54, 1.807) is 6.20 Å². The van der Waals surface area contributed by atoms with Gasteiger partial charge in [0.2, 0.25) is 0 Å². The molecule has 2 N–H and O–H groups in total. The summed E-state index contributed by atoms with van der Waals surface area (Å²) in [4.78, 5) is 4.30. The van der Waals surface area contributed by atoms with Crippen LogP contribution in [0.3, 0.4) is 0 Å². The van der Waals surface area contributed by atoms with Gasteiger partial charge in [-0.05, 0) is 30.5 Å². The molecule has 4 heteroatoms. The van der Waals surface area contributed by atoms with Crippen molar-refractivity contribution in [2.24, 2.45) is 5.92 Å². The first-order chi connectivity index (χ1) is 8.58. The molecule has 0 saturated carbocycles. The maximum Gasteiger partial charge on any atom is 0.153 e. The summed E-state index contributed by atoms with van der Waals surface area (Å²) >= 11 is 3.46. The van der Waals surface area contributed by atoms with Crippen LogP contribution >= 0.6 is 15.9 Å². The highest BCUT2D eigenvalue weighted by molar-refractivity contribution is 9.10. The molecule has 0 bridgehead atoms. The molecule has 1 aromatic carbocycles. The third-order valence-electron chi connectivity index (χ3n) is 2.75. The second kappa shape index (κ2) is 5.57. The van der Waals surface area contributed by atoms with Crippen molar-refractivity contribution in [1.29, 1.82) is 0 Å². The van der Waals surface area contributed by atoms with Crippen molar-refractivity contribution in [3.63, 3.8) is 0 Å². The fourth-order valence-electron chi connectivity index (χ4n) is 1.71. The van der Waals surface area contributed by atoms with Gasteiger partial charge in [-0.15, -0.1) is 0 Å². The number of anilines is 1. The van der Waals surface area contributed by atoms with Gasteiger partial charge in [0.15, 0.2) is 5.75 Å². The van der Waals surface area contributed by atoms with Gasteiger partial charge >= 0.3 is 0 Å². The van der Waals surface area contributed by atoms with Crippen LogP contribution < -0.4 is 10.5 Å². The van der Waals surface area contributed by atoms with Gasteiger partial charge in [-0.2, -0.15) is 0 Å².